The van der Waals surface area contributed by atoms with Crippen LogP contribution < -0.4 is 25.4 Å². The number of hydrogen-bond acceptors (Lipinski definition) is 8. The Kier molecular flexibility index (Phi) is 11.2. The highest BCUT2D eigenvalue weighted by atomic mass is 16.5. The van der Waals surface area contributed by atoms with Crippen LogP contribution in [0.5, 0.6) is 17.4 Å². The zero-order valence-electron chi connectivity index (χ0n) is 30.8. The molecule has 3 N–H and O–H groups in total. The molecule has 0 aliphatic rings. The molecule has 2 heterocycles. The van der Waals surface area contributed by atoms with E-state index in [1.165, 1.54) is 0 Å². The van der Waals surface area contributed by atoms with Gasteiger partial charge in [-0.15, -0.1) is 6.42 Å². The van der Waals surface area contributed by atoms with Crippen molar-refractivity contribution in [3.8, 4) is 35.4 Å². The molecule has 4 aromatic carbocycles. The molecule has 12 nitrogen and oxygen atoms in total. The van der Waals surface area contributed by atoms with Crippen LogP contribution in [0.2, 0.25) is 0 Å². The normalized spacial score (nSPS) is 11.1. The van der Waals surface area contributed by atoms with Gasteiger partial charge in [-0.25, -0.2) is 14.5 Å². The minimum Gasteiger partial charge on any atom is -0.497 e. The van der Waals surface area contributed by atoms with Crippen molar-refractivity contribution in [1.82, 2.24) is 25.1 Å². The van der Waals surface area contributed by atoms with Gasteiger partial charge in [0.1, 0.15) is 23.1 Å². The summed E-state index contributed by atoms with van der Waals surface area (Å²) in [4.78, 5) is 35.3. The van der Waals surface area contributed by atoms with Crippen molar-refractivity contribution < 1.29 is 23.8 Å². The fraction of sp³-hybridized carbons (Fsp3) is 0.214. The summed E-state index contributed by atoms with van der Waals surface area (Å²) in [5.41, 5.74) is 3.72. The topological polar surface area (TPSA) is 142 Å². The molecule has 3 amide bonds. The number of carbonyl (C=O) groups excluding carboxylic acids is 2. The summed E-state index contributed by atoms with van der Waals surface area (Å²) in [5.74, 6) is 4.95. The lowest BCUT2D eigenvalue weighted by molar-refractivity contribution is 0.0937. The Hall–Kier alpha value is -6.71. The van der Waals surface area contributed by atoms with Crippen LogP contribution in [0.1, 0.15) is 53.8 Å². The molecule has 0 saturated heterocycles. The molecule has 54 heavy (non-hydrogen) atoms. The van der Waals surface area contributed by atoms with E-state index in [1.807, 2.05) is 60.7 Å². The van der Waals surface area contributed by atoms with Crippen LogP contribution in [0.4, 0.5) is 16.3 Å². The Morgan fingerprint density at radius 3 is 2.41 bits per heavy atom. The summed E-state index contributed by atoms with van der Waals surface area (Å²) in [7, 11) is 3.19. The second-order valence-corrected chi connectivity index (χ2v) is 13.4. The predicted octanol–water partition coefficient (Wildman–Crippen LogP) is 7.51. The number of urea groups is 1. The molecule has 0 bridgehead atoms. The number of fused-ring (bicyclic) bond motifs is 1. The first-order chi connectivity index (χ1) is 26.0. The standard InChI is InChI=1S/C42H41N7O5/c1-7-27-22-28(24-29(23-27)40(50)44-20-21-52-5)25-37-43-19-18-39(46-37)54-35-17-16-34(32-10-8-9-11-33(32)35)45-41(51)47-38-26-36(42(2,3)4)48-49(38)30-12-14-31(53-6)15-13-30/h1,8-19,22-24,26H,20-21,25H2,2-6H3,(H,44,50)(H2,45,47,51). The van der Waals surface area contributed by atoms with Crippen LogP contribution in [0.15, 0.2) is 97.2 Å². The number of terminal acetylenes is 1. The smallest absolute Gasteiger partial charge is 0.324 e. The third-order valence-corrected chi connectivity index (χ3v) is 8.44. The molecule has 12 heteroatoms. The maximum absolute atomic E-state index is 13.5. The van der Waals surface area contributed by atoms with Gasteiger partial charge in [0.15, 0.2) is 0 Å². The molecule has 0 aliphatic carbocycles. The summed E-state index contributed by atoms with van der Waals surface area (Å²) in [6, 6.07) is 27.0. The van der Waals surface area contributed by atoms with Gasteiger partial charge in [-0.3, -0.25) is 10.1 Å². The number of amides is 3. The van der Waals surface area contributed by atoms with Crippen LogP contribution in [0.3, 0.4) is 0 Å². The van der Waals surface area contributed by atoms with E-state index in [2.05, 4.69) is 52.6 Å². The van der Waals surface area contributed by atoms with Crippen molar-refractivity contribution in [3.63, 3.8) is 0 Å². The summed E-state index contributed by atoms with van der Waals surface area (Å²) in [5, 5.41) is 15.1. The lowest BCUT2D eigenvalue weighted by Gasteiger charge is -2.14. The van der Waals surface area contributed by atoms with Gasteiger partial charge in [0.05, 0.1) is 30.8 Å². The van der Waals surface area contributed by atoms with Crippen LogP contribution in [-0.2, 0) is 16.6 Å². The summed E-state index contributed by atoms with van der Waals surface area (Å²) in [6.45, 7) is 6.98. The van der Waals surface area contributed by atoms with Crippen molar-refractivity contribution in [2.45, 2.75) is 32.6 Å². The SMILES string of the molecule is C#Cc1cc(Cc2nccc(Oc3ccc(NC(=O)Nc4cc(C(C)(C)C)nn4-c4ccc(OC)cc4)c4ccccc34)n2)cc(C(=O)NCCOC)c1. The Morgan fingerprint density at radius 1 is 0.907 bits per heavy atom. The molecule has 274 valence electrons. The van der Waals surface area contributed by atoms with Gasteiger partial charge in [-0.2, -0.15) is 10.1 Å². The van der Waals surface area contributed by atoms with Crippen LogP contribution in [0, 0.1) is 12.3 Å². The van der Waals surface area contributed by atoms with Gasteiger partial charge in [-0.05, 0) is 60.2 Å². The van der Waals surface area contributed by atoms with Gasteiger partial charge in [0, 0.05) is 65.7 Å². The van der Waals surface area contributed by atoms with E-state index in [1.54, 1.807) is 55.4 Å². The van der Waals surface area contributed by atoms with Crippen molar-refractivity contribution in [2.24, 2.45) is 0 Å². The number of ether oxygens (including phenoxy) is 3. The van der Waals surface area contributed by atoms with E-state index in [4.69, 9.17) is 25.7 Å². The highest BCUT2D eigenvalue weighted by Crippen LogP contribution is 2.34. The Morgan fingerprint density at radius 2 is 1.69 bits per heavy atom. The maximum Gasteiger partial charge on any atom is 0.324 e. The number of aromatic nitrogens is 4. The molecule has 0 atom stereocenters. The number of methoxy groups -OCH3 is 2. The van der Waals surface area contributed by atoms with E-state index in [9.17, 15) is 9.59 Å². The van der Waals surface area contributed by atoms with Crippen molar-refractivity contribution in [2.75, 3.05) is 38.0 Å². The van der Waals surface area contributed by atoms with Gasteiger partial charge < -0.3 is 24.8 Å². The average molecular weight is 724 g/mol. The molecule has 2 aromatic heterocycles. The minimum absolute atomic E-state index is 0.249. The Balaban J connectivity index is 1.20. The van der Waals surface area contributed by atoms with Crippen molar-refractivity contribution in [3.05, 3.63) is 125 Å². The fourth-order valence-corrected chi connectivity index (χ4v) is 5.69. The third kappa shape index (κ3) is 8.83. The summed E-state index contributed by atoms with van der Waals surface area (Å²) >= 11 is 0. The first-order valence-electron chi connectivity index (χ1n) is 17.3. The summed E-state index contributed by atoms with van der Waals surface area (Å²) < 4.78 is 18.3. The average Bonchev–Trinajstić information content (AvgIpc) is 3.60. The van der Waals surface area contributed by atoms with Gasteiger partial charge in [0.2, 0.25) is 5.88 Å². The number of benzene rings is 4. The number of hydrogen-bond donors (Lipinski definition) is 3. The first kappa shape index (κ1) is 37.1. The number of nitrogens with zero attached hydrogens (tertiary/aromatic N) is 4. The van der Waals surface area contributed by atoms with Crippen LogP contribution in [0.25, 0.3) is 16.5 Å². The second-order valence-electron chi connectivity index (χ2n) is 13.4. The Labute approximate surface area is 313 Å². The fourth-order valence-electron chi connectivity index (χ4n) is 5.69. The van der Waals surface area contributed by atoms with Crippen LogP contribution >= 0.6 is 0 Å². The lowest BCUT2D eigenvalue weighted by Crippen LogP contribution is -2.27. The van der Waals surface area contributed by atoms with E-state index >= 15 is 0 Å². The highest BCUT2D eigenvalue weighted by Gasteiger charge is 2.22. The molecule has 0 aliphatic heterocycles. The molecule has 6 rings (SSSR count). The number of carbonyl (C=O) groups is 2. The predicted molar refractivity (Wildman–Crippen MR) is 209 cm³/mol. The molecule has 0 saturated carbocycles. The van der Waals surface area contributed by atoms with Crippen molar-refractivity contribution in [1.29, 1.82) is 0 Å². The van der Waals surface area contributed by atoms with E-state index < -0.39 is 6.03 Å². The van der Waals surface area contributed by atoms with Crippen molar-refractivity contribution >= 4 is 34.2 Å². The van der Waals surface area contributed by atoms with Gasteiger partial charge >= 0.3 is 6.03 Å². The van der Waals surface area contributed by atoms with E-state index in [0.29, 0.717) is 59.7 Å². The number of nitrogens with one attached hydrogen (secondary N) is 3. The van der Waals surface area contributed by atoms with E-state index in [0.717, 1.165) is 33.5 Å². The van der Waals surface area contributed by atoms with Gasteiger partial charge in [0.25, 0.3) is 5.91 Å². The molecule has 6 aromatic rings. The summed E-state index contributed by atoms with van der Waals surface area (Å²) in [6.07, 6.45) is 7.63. The molecule has 0 spiro atoms. The lowest BCUT2D eigenvalue weighted by atomic mass is 9.92. The zero-order valence-corrected chi connectivity index (χ0v) is 30.8. The first-order valence-corrected chi connectivity index (χ1v) is 17.3. The molecule has 0 fully saturated rings. The number of rotatable bonds is 12. The number of anilines is 2. The highest BCUT2D eigenvalue weighted by molar-refractivity contribution is 6.07. The maximum atomic E-state index is 13.5. The van der Waals surface area contributed by atoms with Gasteiger partial charge in [-0.1, -0.05) is 51.0 Å². The van der Waals surface area contributed by atoms with Crippen LogP contribution in [-0.4, -0.2) is 59.1 Å². The molecular formula is C42H41N7O5. The largest absolute Gasteiger partial charge is 0.497 e. The quantitative estimate of drug-likeness (QED) is 0.0871. The van der Waals surface area contributed by atoms with E-state index in [-0.39, 0.29) is 11.3 Å². The zero-order chi connectivity index (χ0) is 38.2. The molecular weight excluding hydrogens is 683 g/mol. The molecule has 0 unspecified atom stereocenters. The third-order valence-electron chi connectivity index (χ3n) is 8.44. The minimum atomic E-state index is -0.436. The Bertz CT molecular complexity index is 2340. The monoisotopic (exact) mass is 723 g/mol. The second kappa shape index (κ2) is 16.3. The molecule has 0 radical (unpaired) electrons.